The van der Waals surface area contributed by atoms with Crippen molar-refractivity contribution < 1.29 is 4.74 Å². The number of rotatable bonds is 9. The summed E-state index contributed by atoms with van der Waals surface area (Å²) in [6.07, 6.45) is 0.994. The van der Waals surface area contributed by atoms with Crippen molar-refractivity contribution >= 4 is 29.9 Å². The van der Waals surface area contributed by atoms with Crippen molar-refractivity contribution in [2.75, 3.05) is 26.7 Å². The smallest absolute Gasteiger partial charge is 0.191 e. The first kappa shape index (κ1) is 25.3. The summed E-state index contributed by atoms with van der Waals surface area (Å²) < 4.78 is 7.32. The molecule has 0 aliphatic carbocycles. The Morgan fingerprint density at radius 2 is 1.86 bits per heavy atom. The Morgan fingerprint density at radius 3 is 2.41 bits per heavy atom. The Hall–Kier alpha value is -1.77. The average molecular weight is 513 g/mol. The first-order valence-corrected chi connectivity index (χ1v) is 10.0. The minimum atomic E-state index is -0.0572. The largest absolute Gasteiger partial charge is 0.497 e. The predicted octanol–water partition coefficient (Wildman–Crippen LogP) is 4.05. The summed E-state index contributed by atoms with van der Waals surface area (Å²) in [5, 5.41) is 11.3. The first-order valence-electron chi connectivity index (χ1n) is 10.0. The van der Waals surface area contributed by atoms with Gasteiger partial charge >= 0.3 is 0 Å². The van der Waals surface area contributed by atoms with Crippen molar-refractivity contribution in [1.82, 2.24) is 20.4 Å². The molecule has 0 bridgehead atoms. The number of aromatic nitrogens is 2. The lowest BCUT2D eigenvalue weighted by atomic mass is 9.85. The van der Waals surface area contributed by atoms with Crippen LogP contribution in [-0.2, 0) is 12.0 Å². The van der Waals surface area contributed by atoms with E-state index in [2.05, 4.69) is 66.3 Å². The van der Waals surface area contributed by atoms with Crippen LogP contribution in [0.5, 0.6) is 5.75 Å². The van der Waals surface area contributed by atoms with Gasteiger partial charge in [-0.2, -0.15) is 5.10 Å². The van der Waals surface area contributed by atoms with Gasteiger partial charge in [-0.1, -0.05) is 26.0 Å². The number of methoxy groups -OCH3 is 1. The maximum atomic E-state index is 5.25. The SMILES string of the molecule is CCNC(=NCC(C)(C)c1ccc(OC)cc1)NCCCn1nc(C)cc1C.I. The molecule has 0 aliphatic heterocycles. The molecule has 0 spiro atoms. The lowest BCUT2D eigenvalue weighted by molar-refractivity contribution is 0.414. The molecule has 0 radical (unpaired) electrons. The second-order valence-corrected chi connectivity index (χ2v) is 7.74. The van der Waals surface area contributed by atoms with Crippen LogP contribution >= 0.6 is 24.0 Å². The highest BCUT2D eigenvalue weighted by atomic mass is 127. The zero-order valence-corrected chi connectivity index (χ0v) is 20.9. The Kier molecular flexibility index (Phi) is 10.5. The van der Waals surface area contributed by atoms with Gasteiger partial charge in [0.05, 0.1) is 19.3 Å². The molecule has 0 amide bonds. The molecule has 0 atom stereocenters. The van der Waals surface area contributed by atoms with Crippen LogP contribution in [0.15, 0.2) is 35.3 Å². The van der Waals surface area contributed by atoms with Crippen molar-refractivity contribution in [3.63, 3.8) is 0 Å². The fourth-order valence-electron chi connectivity index (χ4n) is 3.09. The number of nitrogens with zero attached hydrogens (tertiary/aromatic N) is 3. The molecule has 6 nitrogen and oxygen atoms in total. The molecular formula is C22H36IN5O. The third-order valence-electron chi connectivity index (χ3n) is 4.79. The van der Waals surface area contributed by atoms with E-state index in [4.69, 9.17) is 9.73 Å². The topological polar surface area (TPSA) is 63.5 Å². The van der Waals surface area contributed by atoms with E-state index in [0.717, 1.165) is 43.5 Å². The quantitative estimate of drug-likeness (QED) is 0.230. The fraction of sp³-hybridized carbons (Fsp3) is 0.545. The van der Waals surface area contributed by atoms with E-state index in [1.54, 1.807) is 7.11 Å². The maximum absolute atomic E-state index is 5.25. The van der Waals surface area contributed by atoms with Gasteiger partial charge in [0.15, 0.2) is 5.96 Å². The Morgan fingerprint density at radius 1 is 1.17 bits per heavy atom. The molecule has 0 saturated carbocycles. The number of aliphatic imine (C=N–C) groups is 1. The van der Waals surface area contributed by atoms with E-state index in [0.29, 0.717) is 6.54 Å². The van der Waals surface area contributed by atoms with Crippen LogP contribution in [0.25, 0.3) is 0 Å². The molecule has 2 N–H and O–H groups in total. The summed E-state index contributed by atoms with van der Waals surface area (Å²) in [5.74, 6) is 1.73. The Balaban J connectivity index is 0.00000420. The van der Waals surface area contributed by atoms with Crippen molar-refractivity contribution in [2.24, 2.45) is 4.99 Å². The molecule has 162 valence electrons. The number of aryl methyl sites for hydroxylation is 3. The standard InChI is InChI=1S/C22H35N5O.HI/c1-7-23-21(24-13-8-14-27-18(3)15-17(2)26-27)25-16-22(4,5)19-9-11-20(28-6)12-10-19;/h9-12,15H,7-8,13-14,16H2,1-6H3,(H2,23,24,25);1H. The second kappa shape index (κ2) is 12.0. The van der Waals surface area contributed by atoms with Crippen molar-refractivity contribution in [3.8, 4) is 5.75 Å². The predicted molar refractivity (Wildman–Crippen MR) is 132 cm³/mol. The zero-order valence-electron chi connectivity index (χ0n) is 18.6. The molecule has 0 aliphatic rings. The second-order valence-electron chi connectivity index (χ2n) is 7.74. The van der Waals surface area contributed by atoms with Gasteiger partial charge in [0.1, 0.15) is 5.75 Å². The number of nitrogens with one attached hydrogen (secondary N) is 2. The van der Waals surface area contributed by atoms with Crippen LogP contribution < -0.4 is 15.4 Å². The summed E-state index contributed by atoms with van der Waals surface area (Å²) in [6, 6.07) is 10.3. The third-order valence-corrected chi connectivity index (χ3v) is 4.79. The Labute approximate surface area is 192 Å². The summed E-state index contributed by atoms with van der Waals surface area (Å²) in [6.45, 7) is 13.9. The van der Waals surface area contributed by atoms with E-state index in [-0.39, 0.29) is 29.4 Å². The van der Waals surface area contributed by atoms with Gasteiger partial charge < -0.3 is 15.4 Å². The molecule has 2 aromatic rings. The summed E-state index contributed by atoms with van der Waals surface area (Å²) in [4.78, 5) is 4.81. The number of ether oxygens (including phenoxy) is 1. The monoisotopic (exact) mass is 513 g/mol. The molecule has 29 heavy (non-hydrogen) atoms. The molecule has 0 fully saturated rings. The summed E-state index contributed by atoms with van der Waals surface area (Å²) in [5.41, 5.74) is 3.47. The van der Waals surface area contributed by atoms with E-state index >= 15 is 0 Å². The highest BCUT2D eigenvalue weighted by Crippen LogP contribution is 2.25. The number of hydrogen-bond acceptors (Lipinski definition) is 3. The first-order chi connectivity index (χ1) is 13.4. The van der Waals surface area contributed by atoms with Crippen LogP contribution in [0.1, 0.15) is 44.1 Å². The number of guanidine groups is 1. The molecule has 1 aromatic heterocycles. The van der Waals surface area contributed by atoms with Crippen LogP contribution in [0.4, 0.5) is 0 Å². The van der Waals surface area contributed by atoms with Gasteiger partial charge in [-0.05, 0) is 51.0 Å². The van der Waals surface area contributed by atoms with Gasteiger partial charge in [-0.15, -0.1) is 24.0 Å². The van der Waals surface area contributed by atoms with Gasteiger partial charge in [0, 0.05) is 30.7 Å². The molecule has 1 heterocycles. The van der Waals surface area contributed by atoms with Crippen LogP contribution in [0.2, 0.25) is 0 Å². The molecule has 7 heteroatoms. The van der Waals surface area contributed by atoms with Gasteiger partial charge in [0.2, 0.25) is 0 Å². The lowest BCUT2D eigenvalue weighted by Gasteiger charge is -2.24. The van der Waals surface area contributed by atoms with Crippen LogP contribution in [0.3, 0.4) is 0 Å². The Bertz CT molecular complexity index is 768. The molecule has 0 unspecified atom stereocenters. The third kappa shape index (κ3) is 7.87. The van der Waals surface area contributed by atoms with Crippen molar-refractivity contribution in [1.29, 1.82) is 0 Å². The van der Waals surface area contributed by atoms with Gasteiger partial charge in [-0.25, -0.2) is 0 Å². The van der Waals surface area contributed by atoms with E-state index in [1.807, 2.05) is 19.1 Å². The van der Waals surface area contributed by atoms with Gasteiger partial charge in [-0.3, -0.25) is 9.67 Å². The zero-order chi connectivity index (χ0) is 20.6. The highest BCUT2D eigenvalue weighted by molar-refractivity contribution is 14.0. The summed E-state index contributed by atoms with van der Waals surface area (Å²) in [7, 11) is 1.69. The van der Waals surface area contributed by atoms with Crippen molar-refractivity contribution in [2.45, 2.75) is 53.0 Å². The maximum Gasteiger partial charge on any atom is 0.191 e. The normalized spacial score (nSPS) is 11.7. The number of benzene rings is 1. The highest BCUT2D eigenvalue weighted by Gasteiger charge is 2.20. The van der Waals surface area contributed by atoms with Gasteiger partial charge in [0.25, 0.3) is 0 Å². The average Bonchev–Trinajstić information content (AvgIpc) is 3.00. The lowest BCUT2D eigenvalue weighted by Crippen LogP contribution is -2.39. The number of hydrogen-bond donors (Lipinski definition) is 2. The van der Waals surface area contributed by atoms with E-state index < -0.39 is 0 Å². The van der Waals surface area contributed by atoms with E-state index in [1.165, 1.54) is 11.3 Å². The molecule has 0 saturated heterocycles. The minimum Gasteiger partial charge on any atom is -0.497 e. The van der Waals surface area contributed by atoms with E-state index in [9.17, 15) is 0 Å². The molecule has 2 rings (SSSR count). The number of halogens is 1. The van der Waals surface area contributed by atoms with Crippen LogP contribution in [0, 0.1) is 13.8 Å². The summed E-state index contributed by atoms with van der Waals surface area (Å²) >= 11 is 0. The molecular weight excluding hydrogens is 477 g/mol. The van der Waals surface area contributed by atoms with Crippen LogP contribution in [-0.4, -0.2) is 42.5 Å². The molecule has 1 aromatic carbocycles. The fourth-order valence-corrected chi connectivity index (χ4v) is 3.09. The van der Waals surface area contributed by atoms with Crippen molar-refractivity contribution in [3.05, 3.63) is 47.3 Å². The minimum absolute atomic E-state index is 0.